The van der Waals surface area contributed by atoms with Crippen LogP contribution in [0.4, 0.5) is 0 Å². The second-order valence-electron chi connectivity index (χ2n) is 19.4. The second kappa shape index (κ2) is 14.2. The summed E-state index contributed by atoms with van der Waals surface area (Å²) in [7, 11) is 0. The molecule has 0 saturated heterocycles. The van der Waals surface area contributed by atoms with Gasteiger partial charge in [-0.15, -0.1) is 0 Å². The lowest BCUT2D eigenvalue weighted by Crippen LogP contribution is -2.17. The van der Waals surface area contributed by atoms with Crippen LogP contribution in [0.2, 0.25) is 0 Å². The van der Waals surface area contributed by atoms with Crippen molar-refractivity contribution in [1.82, 2.24) is 18.3 Å². The maximum atomic E-state index is 12.2. The van der Waals surface area contributed by atoms with Crippen molar-refractivity contribution in [3.63, 3.8) is 0 Å². The number of hydrogen-bond donors (Lipinski definition) is 0. The van der Waals surface area contributed by atoms with Crippen LogP contribution in [0.15, 0.2) is 206 Å². The van der Waals surface area contributed by atoms with Gasteiger partial charge in [0.05, 0.1) is 78.0 Å². The number of nitriles is 2. The third-order valence-corrected chi connectivity index (χ3v) is 15.6. The third-order valence-electron chi connectivity index (χ3n) is 15.6. The Hall–Kier alpha value is -9.62. The zero-order valence-corrected chi connectivity index (χ0v) is 38.8. The molecule has 0 radical (unpaired) electrons. The number of para-hydroxylation sites is 7. The molecule has 0 unspecified atom stereocenters. The fourth-order valence-electron chi connectivity index (χ4n) is 12.8. The monoisotopic (exact) mass is 904 g/mol. The SMILES string of the molecule is CC1(C)c2ccccc2-c2c1ccc1c2c2ccccc2n1-c1c(C#N)c(C#N)c(-n2c3ccccc3c3ccccc32)c(-n2c3ccccc3c3ccccc32)c1-n1c2ccccc2c2ccccc21. The Morgan fingerprint density at radius 2 is 0.620 bits per heavy atom. The van der Waals surface area contributed by atoms with E-state index in [9.17, 15) is 10.5 Å². The van der Waals surface area contributed by atoms with Crippen molar-refractivity contribution in [3.05, 3.63) is 229 Å². The maximum absolute atomic E-state index is 12.2. The van der Waals surface area contributed by atoms with Gasteiger partial charge in [-0.3, -0.25) is 0 Å². The number of nitrogens with zero attached hydrogens (tertiary/aromatic N) is 6. The predicted molar refractivity (Wildman–Crippen MR) is 291 cm³/mol. The summed E-state index contributed by atoms with van der Waals surface area (Å²) in [6, 6.07) is 78.7. The number of rotatable bonds is 4. The fraction of sp³-hybridized carbons (Fsp3) is 0.0462. The van der Waals surface area contributed by atoms with Gasteiger partial charge < -0.3 is 18.3 Å². The van der Waals surface area contributed by atoms with Crippen LogP contribution in [0.5, 0.6) is 0 Å². The Labute approximate surface area is 407 Å². The van der Waals surface area contributed by atoms with E-state index in [0.29, 0.717) is 11.4 Å². The first-order chi connectivity index (χ1) is 35.0. The average Bonchev–Trinajstić information content (AvgIpc) is 4.19. The highest BCUT2D eigenvalue weighted by Gasteiger charge is 2.39. The predicted octanol–water partition coefficient (Wildman–Crippen LogP) is 16.1. The highest BCUT2D eigenvalue weighted by atomic mass is 15.1. The lowest BCUT2D eigenvalue weighted by Gasteiger charge is -2.28. The van der Waals surface area contributed by atoms with Gasteiger partial charge in [0.25, 0.3) is 0 Å². The van der Waals surface area contributed by atoms with Gasteiger partial charge in [0, 0.05) is 48.5 Å². The van der Waals surface area contributed by atoms with Crippen molar-refractivity contribution in [1.29, 1.82) is 10.5 Å². The van der Waals surface area contributed by atoms with E-state index in [2.05, 4.69) is 251 Å². The molecule has 4 heterocycles. The zero-order chi connectivity index (χ0) is 47.3. The van der Waals surface area contributed by atoms with Crippen molar-refractivity contribution in [2.45, 2.75) is 19.3 Å². The minimum absolute atomic E-state index is 0.239. The smallest absolute Gasteiger partial charge is 0.103 e. The van der Waals surface area contributed by atoms with E-state index in [1.807, 2.05) is 0 Å². The Bertz CT molecular complexity index is 4600. The molecule has 0 N–H and O–H groups in total. The van der Waals surface area contributed by atoms with Crippen LogP contribution >= 0.6 is 0 Å². The average molecular weight is 905 g/mol. The molecule has 0 fully saturated rings. The van der Waals surface area contributed by atoms with Crippen LogP contribution < -0.4 is 0 Å². The first kappa shape index (κ1) is 39.4. The van der Waals surface area contributed by atoms with Crippen LogP contribution in [0.1, 0.15) is 36.1 Å². The van der Waals surface area contributed by atoms with Crippen LogP contribution in [-0.2, 0) is 5.41 Å². The minimum Gasteiger partial charge on any atom is -0.306 e. The summed E-state index contributed by atoms with van der Waals surface area (Å²) in [5, 5.41) is 33.1. The van der Waals surface area contributed by atoms with Crippen LogP contribution in [0, 0.1) is 22.7 Å². The number of fused-ring (bicyclic) bond motifs is 16. The minimum atomic E-state index is -0.239. The molecule has 15 rings (SSSR count). The van der Waals surface area contributed by atoms with Crippen LogP contribution in [-0.4, -0.2) is 18.3 Å². The van der Waals surface area contributed by atoms with E-state index in [1.54, 1.807) is 0 Å². The van der Waals surface area contributed by atoms with E-state index in [-0.39, 0.29) is 16.5 Å². The summed E-state index contributed by atoms with van der Waals surface area (Å²) < 4.78 is 9.31. The Balaban J connectivity index is 1.28. The zero-order valence-electron chi connectivity index (χ0n) is 38.8. The highest BCUT2D eigenvalue weighted by molar-refractivity contribution is 6.20. The molecule has 4 aromatic heterocycles. The molecule has 0 bridgehead atoms. The van der Waals surface area contributed by atoms with Gasteiger partial charge in [-0.05, 0) is 70.8 Å². The first-order valence-corrected chi connectivity index (χ1v) is 24.2. The Morgan fingerprint density at radius 3 is 1.01 bits per heavy atom. The standard InChI is InChI=1S/C65H40N6/c1-65(2)49-27-11-3-25-45(49)59-50(65)35-36-58-60(59)46-26-10-18-34-57(46)71(58)62-48(38-67)47(37-66)61(68-51-28-12-4-19-39(51)40-20-5-13-29-52(40)68)63(69-53-30-14-6-21-41(53)42-22-7-15-31-54(42)69)64(62)70-55-32-16-8-23-43(55)44-24-9-17-33-56(44)70/h3-36H,1-2H3. The molecule has 1 aliphatic rings. The summed E-state index contributed by atoms with van der Waals surface area (Å²) in [5.41, 5.74) is 15.8. The van der Waals surface area contributed by atoms with Crippen LogP contribution in [0.25, 0.3) is 121 Å². The molecule has 14 aromatic rings. The summed E-state index contributed by atoms with van der Waals surface area (Å²) in [6.07, 6.45) is 0. The van der Waals surface area contributed by atoms with Gasteiger partial charge in [0.15, 0.2) is 0 Å². The summed E-state index contributed by atoms with van der Waals surface area (Å²) in [5.74, 6) is 0. The van der Waals surface area contributed by atoms with Crippen molar-refractivity contribution >= 4 is 87.2 Å². The molecule has 1 aliphatic carbocycles. The Kier molecular flexibility index (Phi) is 7.88. The third kappa shape index (κ3) is 4.98. The Morgan fingerprint density at radius 1 is 0.310 bits per heavy atom. The van der Waals surface area contributed by atoms with E-state index < -0.39 is 0 Å². The van der Waals surface area contributed by atoms with Gasteiger partial charge in [0.1, 0.15) is 12.1 Å². The molecule has 0 aliphatic heterocycles. The summed E-state index contributed by atoms with van der Waals surface area (Å²) in [4.78, 5) is 0. The van der Waals surface area contributed by atoms with Gasteiger partial charge >= 0.3 is 0 Å². The normalized spacial score (nSPS) is 13.0. The van der Waals surface area contributed by atoms with Gasteiger partial charge in [0.2, 0.25) is 0 Å². The molecule has 10 aromatic carbocycles. The molecule has 71 heavy (non-hydrogen) atoms. The summed E-state index contributed by atoms with van der Waals surface area (Å²) in [6.45, 7) is 4.64. The molecule has 6 nitrogen and oxygen atoms in total. The molecular formula is C65H40N6. The fourth-order valence-corrected chi connectivity index (χ4v) is 12.8. The molecule has 0 atom stereocenters. The lowest BCUT2D eigenvalue weighted by atomic mass is 9.82. The molecule has 0 saturated carbocycles. The second-order valence-corrected chi connectivity index (χ2v) is 19.4. The lowest BCUT2D eigenvalue weighted by molar-refractivity contribution is 0.661. The number of hydrogen-bond acceptors (Lipinski definition) is 2. The van der Waals surface area contributed by atoms with E-state index in [0.717, 1.165) is 98.6 Å². The van der Waals surface area contributed by atoms with Crippen molar-refractivity contribution in [2.24, 2.45) is 0 Å². The van der Waals surface area contributed by atoms with Crippen molar-refractivity contribution in [3.8, 4) is 46.0 Å². The van der Waals surface area contributed by atoms with E-state index in [1.165, 1.54) is 22.3 Å². The summed E-state index contributed by atoms with van der Waals surface area (Å²) >= 11 is 0. The molecular weight excluding hydrogens is 865 g/mol. The van der Waals surface area contributed by atoms with Gasteiger partial charge in [-0.1, -0.05) is 172 Å². The topological polar surface area (TPSA) is 67.3 Å². The van der Waals surface area contributed by atoms with Gasteiger partial charge in [-0.2, -0.15) is 10.5 Å². The molecule has 330 valence electrons. The molecule has 6 heteroatoms. The van der Waals surface area contributed by atoms with E-state index in [4.69, 9.17) is 0 Å². The number of aromatic nitrogens is 4. The quantitative estimate of drug-likeness (QED) is 0.177. The largest absolute Gasteiger partial charge is 0.306 e. The van der Waals surface area contributed by atoms with Crippen molar-refractivity contribution < 1.29 is 0 Å². The highest BCUT2D eigenvalue weighted by Crippen LogP contribution is 2.55. The van der Waals surface area contributed by atoms with Crippen molar-refractivity contribution in [2.75, 3.05) is 0 Å². The molecule has 0 amide bonds. The molecule has 0 spiro atoms. The van der Waals surface area contributed by atoms with E-state index >= 15 is 0 Å². The first-order valence-electron chi connectivity index (χ1n) is 24.2. The van der Waals surface area contributed by atoms with Crippen LogP contribution in [0.3, 0.4) is 0 Å². The number of benzene rings is 10. The van der Waals surface area contributed by atoms with Gasteiger partial charge in [-0.25, -0.2) is 0 Å². The maximum Gasteiger partial charge on any atom is 0.103 e.